The fourth-order valence-electron chi connectivity index (χ4n) is 2.67. The molecule has 6 nitrogen and oxygen atoms in total. The number of likely N-dealkylation sites (tertiary alicyclic amines) is 1. The van der Waals surface area contributed by atoms with E-state index in [1.54, 1.807) is 6.08 Å². The Morgan fingerprint density at radius 1 is 1.33 bits per heavy atom. The molecule has 21 heavy (non-hydrogen) atoms. The van der Waals surface area contributed by atoms with Gasteiger partial charge in [-0.25, -0.2) is 0 Å². The van der Waals surface area contributed by atoms with Crippen molar-refractivity contribution in [1.29, 1.82) is 0 Å². The van der Waals surface area contributed by atoms with Crippen LogP contribution in [-0.4, -0.2) is 58.4 Å². The van der Waals surface area contributed by atoms with E-state index in [4.69, 9.17) is 5.11 Å². The van der Waals surface area contributed by atoms with E-state index in [-0.39, 0.29) is 24.4 Å². The van der Waals surface area contributed by atoms with E-state index in [1.807, 2.05) is 4.90 Å². The maximum atomic E-state index is 12.0. The second kappa shape index (κ2) is 8.44. The van der Waals surface area contributed by atoms with Crippen molar-refractivity contribution in [3.05, 3.63) is 12.7 Å². The van der Waals surface area contributed by atoms with Crippen molar-refractivity contribution in [3.63, 3.8) is 0 Å². The zero-order valence-corrected chi connectivity index (χ0v) is 12.6. The minimum absolute atomic E-state index is 0.100. The molecule has 1 aliphatic heterocycles. The van der Waals surface area contributed by atoms with E-state index < -0.39 is 5.97 Å². The summed E-state index contributed by atoms with van der Waals surface area (Å²) in [5.74, 6) is -1.13. The molecule has 1 atom stereocenters. The molecule has 0 aliphatic carbocycles. The summed E-state index contributed by atoms with van der Waals surface area (Å²) in [6.45, 7) is 5.97. The number of nitrogens with zero attached hydrogens (tertiary/aromatic N) is 2. The number of carboxylic acids is 1. The van der Waals surface area contributed by atoms with Gasteiger partial charge in [-0.15, -0.1) is 6.58 Å². The molecule has 6 heteroatoms. The molecule has 0 aromatic carbocycles. The van der Waals surface area contributed by atoms with Gasteiger partial charge in [-0.05, 0) is 25.7 Å². The van der Waals surface area contributed by atoms with Crippen LogP contribution in [0.5, 0.6) is 0 Å². The summed E-state index contributed by atoms with van der Waals surface area (Å²) in [5.41, 5.74) is 0. The second-order valence-electron chi connectivity index (χ2n) is 5.33. The van der Waals surface area contributed by atoms with Crippen LogP contribution in [0, 0.1) is 0 Å². The lowest BCUT2D eigenvalue weighted by molar-refractivity contribution is -0.145. The Balaban J connectivity index is 2.61. The van der Waals surface area contributed by atoms with Gasteiger partial charge in [0.25, 0.3) is 0 Å². The quantitative estimate of drug-likeness (QED) is 0.749. The van der Waals surface area contributed by atoms with Crippen LogP contribution in [0.15, 0.2) is 12.7 Å². The molecule has 0 saturated carbocycles. The minimum atomic E-state index is -1.01. The van der Waals surface area contributed by atoms with E-state index in [1.165, 1.54) is 11.8 Å². The van der Waals surface area contributed by atoms with Gasteiger partial charge in [0.1, 0.15) is 6.54 Å². The van der Waals surface area contributed by atoms with Crippen molar-refractivity contribution in [2.45, 2.75) is 45.1 Å². The van der Waals surface area contributed by atoms with E-state index in [9.17, 15) is 14.4 Å². The fraction of sp³-hybridized carbons (Fsp3) is 0.667. The third kappa shape index (κ3) is 5.57. The zero-order valence-electron chi connectivity index (χ0n) is 12.6. The van der Waals surface area contributed by atoms with Crippen LogP contribution in [-0.2, 0) is 14.4 Å². The Bertz CT molecular complexity index is 408. The Morgan fingerprint density at radius 3 is 2.62 bits per heavy atom. The van der Waals surface area contributed by atoms with Crippen LogP contribution in [0.25, 0.3) is 0 Å². The second-order valence-corrected chi connectivity index (χ2v) is 5.33. The summed E-state index contributed by atoms with van der Waals surface area (Å²) in [6.07, 6.45) is 5.00. The van der Waals surface area contributed by atoms with Crippen LogP contribution in [0.2, 0.25) is 0 Å². The van der Waals surface area contributed by atoms with E-state index in [0.717, 1.165) is 12.8 Å². The molecule has 0 aromatic heterocycles. The summed E-state index contributed by atoms with van der Waals surface area (Å²) in [5, 5.41) is 8.90. The van der Waals surface area contributed by atoms with Gasteiger partial charge in [-0.3, -0.25) is 14.4 Å². The Labute approximate surface area is 125 Å². The lowest BCUT2D eigenvalue weighted by Gasteiger charge is -2.28. The van der Waals surface area contributed by atoms with E-state index in [0.29, 0.717) is 32.4 Å². The summed E-state index contributed by atoms with van der Waals surface area (Å²) < 4.78 is 0. The van der Waals surface area contributed by atoms with Crippen LogP contribution in [0.3, 0.4) is 0 Å². The normalized spacial score (nSPS) is 18.7. The van der Waals surface area contributed by atoms with Gasteiger partial charge in [-0.2, -0.15) is 0 Å². The minimum Gasteiger partial charge on any atom is -0.480 e. The first kappa shape index (κ1) is 17.2. The van der Waals surface area contributed by atoms with Crippen molar-refractivity contribution in [2.24, 2.45) is 0 Å². The monoisotopic (exact) mass is 296 g/mol. The van der Waals surface area contributed by atoms with Gasteiger partial charge < -0.3 is 14.9 Å². The molecule has 1 saturated heterocycles. The average molecular weight is 296 g/mol. The number of allylic oxidation sites excluding steroid dienone is 1. The first-order chi connectivity index (χ1) is 9.95. The predicted molar refractivity (Wildman–Crippen MR) is 78.7 cm³/mol. The van der Waals surface area contributed by atoms with Gasteiger partial charge in [-0.1, -0.05) is 6.08 Å². The number of rotatable bonds is 6. The van der Waals surface area contributed by atoms with Crippen LogP contribution >= 0.6 is 0 Å². The van der Waals surface area contributed by atoms with Crippen molar-refractivity contribution in [3.8, 4) is 0 Å². The van der Waals surface area contributed by atoms with Crippen molar-refractivity contribution in [2.75, 3.05) is 19.6 Å². The molecule has 1 rings (SSSR count). The third-order valence-corrected chi connectivity index (χ3v) is 3.76. The number of carboxylic acid groups (broad SMARTS) is 1. The molecule has 1 heterocycles. The van der Waals surface area contributed by atoms with Crippen LogP contribution < -0.4 is 0 Å². The highest BCUT2D eigenvalue weighted by Gasteiger charge is 2.27. The largest absolute Gasteiger partial charge is 0.480 e. The zero-order chi connectivity index (χ0) is 15.8. The summed E-state index contributed by atoms with van der Waals surface area (Å²) in [6, 6.07) is -0.101. The van der Waals surface area contributed by atoms with Gasteiger partial charge in [0.15, 0.2) is 0 Å². The van der Waals surface area contributed by atoms with Gasteiger partial charge in [0.2, 0.25) is 11.8 Å². The topological polar surface area (TPSA) is 77.9 Å². The molecule has 1 aliphatic rings. The smallest absolute Gasteiger partial charge is 0.323 e. The molecular formula is C15H24N2O4. The highest BCUT2D eigenvalue weighted by atomic mass is 16.4. The molecular weight excluding hydrogens is 272 g/mol. The Kier molecular flexibility index (Phi) is 6.91. The lowest BCUT2D eigenvalue weighted by atomic mass is 10.1. The number of carbonyl (C=O) groups is 3. The number of aliphatic carboxylic acids is 1. The van der Waals surface area contributed by atoms with E-state index >= 15 is 0 Å². The fourth-order valence-corrected chi connectivity index (χ4v) is 2.67. The summed E-state index contributed by atoms with van der Waals surface area (Å²) >= 11 is 0. The number of amides is 2. The maximum absolute atomic E-state index is 12.0. The van der Waals surface area contributed by atoms with Gasteiger partial charge >= 0.3 is 5.97 Å². The maximum Gasteiger partial charge on any atom is 0.323 e. The molecule has 1 unspecified atom stereocenters. The molecule has 0 bridgehead atoms. The van der Waals surface area contributed by atoms with Crippen molar-refractivity contribution >= 4 is 17.8 Å². The Hall–Kier alpha value is -1.85. The van der Waals surface area contributed by atoms with Crippen LogP contribution in [0.4, 0.5) is 0 Å². The molecule has 1 N–H and O–H groups in total. The third-order valence-electron chi connectivity index (χ3n) is 3.76. The van der Waals surface area contributed by atoms with Gasteiger partial charge in [0, 0.05) is 32.5 Å². The predicted octanol–water partition coefficient (Wildman–Crippen LogP) is 1.27. The summed E-state index contributed by atoms with van der Waals surface area (Å²) in [7, 11) is 0. The molecule has 0 aromatic rings. The average Bonchev–Trinajstić information content (AvgIpc) is 2.67. The Morgan fingerprint density at radius 2 is 2.05 bits per heavy atom. The first-order valence-corrected chi connectivity index (χ1v) is 7.33. The lowest BCUT2D eigenvalue weighted by Crippen LogP contribution is -2.43. The van der Waals surface area contributed by atoms with Crippen molar-refractivity contribution in [1.82, 2.24) is 9.80 Å². The number of hydrogen-bond acceptors (Lipinski definition) is 3. The molecule has 0 spiro atoms. The van der Waals surface area contributed by atoms with Gasteiger partial charge in [0.05, 0.1) is 0 Å². The number of carbonyl (C=O) groups excluding carboxylic acids is 2. The molecule has 1 fully saturated rings. The van der Waals surface area contributed by atoms with Crippen molar-refractivity contribution < 1.29 is 19.5 Å². The molecule has 2 amide bonds. The molecule has 118 valence electrons. The van der Waals surface area contributed by atoms with E-state index in [2.05, 4.69) is 6.58 Å². The number of hydrogen-bond donors (Lipinski definition) is 1. The summed E-state index contributed by atoms with van der Waals surface area (Å²) in [4.78, 5) is 37.7. The molecule has 0 radical (unpaired) electrons. The standard InChI is InChI=1S/C15H24N2O4/c1-3-4-7-14(19)16-9-5-6-13(8-10-16)17(12(2)18)11-15(20)21/h3,13H,1,4-11H2,2H3,(H,20,21). The SMILES string of the molecule is C=CCCC(=O)N1CCCC(N(CC(=O)O)C(C)=O)CC1. The highest BCUT2D eigenvalue weighted by molar-refractivity contribution is 5.80. The highest BCUT2D eigenvalue weighted by Crippen LogP contribution is 2.18. The van der Waals surface area contributed by atoms with Crippen LogP contribution in [0.1, 0.15) is 39.0 Å². The first-order valence-electron chi connectivity index (χ1n) is 7.33.